The molecule has 2 heterocycles. The Morgan fingerprint density at radius 3 is 0.979 bits per heavy atom. The molecule has 0 aromatic heterocycles. The topological polar surface area (TPSA) is 96.0 Å². The number of likely N-dealkylation sites (tertiary alicyclic amines) is 2. The average molecular weight is 667 g/mol. The second-order valence-electron chi connectivity index (χ2n) is 11.8. The van der Waals surface area contributed by atoms with E-state index in [2.05, 4.69) is 0 Å². The van der Waals surface area contributed by atoms with Gasteiger partial charge in [0, 0.05) is 38.3 Å². The summed E-state index contributed by atoms with van der Waals surface area (Å²) < 4.78 is 32.0. The maximum absolute atomic E-state index is 12.4. The van der Waals surface area contributed by atoms with Crippen LogP contribution in [0.25, 0.3) is 12.2 Å². The molecule has 2 amide bonds. The molecule has 0 spiro atoms. The Morgan fingerprint density at radius 1 is 0.458 bits per heavy atom. The van der Waals surface area contributed by atoms with Crippen molar-refractivity contribution < 1.29 is 38.0 Å². The molecule has 0 aliphatic carbocycles. The van der Waals surface area contributed by atoms with Gasteiger partial charge in [0.25, 0.3) is 0 Å². The molecule has 264 valence electrons. The highest BCUT2D eigenvalue weighted by Crippen LogP contribution is 2.39. The van der Waals surface area contributed by atoms with E-state index in [-0.39, 0.29) is 11.8 Å². The minimum absolute atomic E-state index is 0.0608. The molecular weight excluding hydrogens is 612 g/mol. The minimum Gasteiger partial charge on any atom is -0.493 e. The highest BCUT2D eigenvalue weighted by atomic mass is 16.5. The number of hydrogen-bond donors (Lipinski definition) is 0. The fraction of sp³-hybridized carbons (Fsp3) is 0.526. The summed E-state index contributed by atoms with van der Waals surface area (Å²) in [6.45, 7) is 3.38. The van der Waals surface area contributed by atoms with E-state index >= 15 is 0 Å². The number of hydrogen-bond acceptors (Lipinski definition) is 8. The Bertz CT molecular complexity index is 1200. The monoisotopic (exact) mass is 666 g/mol. The summed E-state index contributed by atoms with van der Waals surface area (Å²) in [5.74, 6) is 3.53. The van der Waals surface area contributed by atoms with Gasteiger partial charge in [-0.2, -0.15) is 0 Å². The van der Waals surface area contributed by atoms with Gasteiger partial charge >= 0.3 is 0 Å². The van der Waals surface area contributed by atoms with E-state index in [0.29, 0.717) is 34.5 Å². The number of benzene rings is 2. The molecule has 4 rings (SSSR count). The van der Waals surface area contributed by atoms with Gasteiger partial charge in [0.05, 0.1) is 42.7 Å². The van der Waals surface area contributed by atoms with Crippen molar-refractivity contribution in [3.05, 3.63) is 47.5 Å². The van der Waals surface area contributed by atoms with E-state index in [1.807, 2.05) is 34.1 Å². The summed E-state index contributed by atoms with van der Waals surface area (Å²) in [4.78, 5) is 28.7. The quantitative estimate of drug-likeness (QED) is 0.249. The highest BCUT2D eigenvalue weighted by Gasteiger charge is 2.16. The van der Waals surface area contributed by atoms with Crippen LogP contribution in [0.5, 0.6) is 34.5 Å². The molecule has 2 aliphatic heterocycles. The fourth-order valence-electron chi connectivity index (χ4n) is 5.88. The van der Waals surface area contributed by atoms with Crippen LogP contribution >= 0.6 is 0 Å². The average Bonchev–Trinajstić information content (AvgIpc) is 3.08. The van der Waals surface area contributed by atoms with E-state index in [4.69, 9.17) is 28.4 Å². The Kier molecular flexibility index (Phi) is 16.5. The molecule has 2 fully saturated rings. The van der Waals surface area contributed by atoms with Gasteiger partial charge in [-0.25, -0.2) is 0 Å². The van der Waals surface area contributed by atoms with Gasteiger partial charge < -0.3 is 38.2 Å². The smallest absolute Gasteiger partial charge is 0.246 e. The van der Waals surface area contributed by atoms with Crippen molar-refractivity contribution in [2.24, 2.45) is 0 Å². The first-order valence-corrected chi connectivity index (χ1v) is 16.9. The van der Waals surface area contributed by atoms with Crippen LogP contribution < -0.4 is 28.4 Å². The van der Waals surface area contributed by atoms with Crippen LogP contribution in [0.15, 0.2) is 36.4 Å². The lowest BCUT2D eigenvalue weighted by Crippen LogP contribution is -2.32. The largest absolute Gasteiger partial charge is 0.493 e. The van der Waals surface area contributed by atoms with Crippen LogP contribution in [0.3, 0.4) is 0 Å². The van der Waals surface area contributed by atoms with E-state index in [1.165, 1.54) is 38.5 Å². The van der Waals surface area contributed by atoms with Gasteiger partial charge in [0.2, 0.25) is 23.3 Å². The first-order chi connectivity index (χ1) is 23.4. The second kappa shape index (κ2) is 20.8. The molecule has 0 unspecified atom stereocenters. The molecule has 0 atom stereocenters. The van der Waals surface area contributed by atoms with E-state index in [0.717, 1.165) is 63.0 Å². The van der Waals surface area contributed by atoms with Crippen molar-refractivity contribution in [1.82, 2.24) is 9.80 Å². The van der Waals surface area contributed by atoms with Crippen molar-refractivity contribution in [3.63, 3.8) is 0 Å². The van der Waals surface area contributed by atoms with Gasteiger partial charge in [-0.05, 0) is 73.2 Å². The lowest BCUT2D eigenvalue weighted by molar-refractivity contribution is -0.127. The van der Waals surface area contributed by atoms with Crippen LogP contribution in [-0.4, -0.2) is 90.5 Å². The van der Waals surface area contributed by atoms with Gasteiger partial charge in [-0.1, -0.05) is 38.5 Å². The first-order valence-electron chi connectivity index (χ1n) is 16.9. The zero-order chi connectivity index (χ0) is 34.7. The van der Waals surface area contributed by atoms with E-state index in [9.17, 15) is 9.59 Å². The molecule has 10 nitrogen and oxygen atoms in total. The zero-order valence-electron chi connectivity index (χ0n) is 29.7. The SMILES string of the molecule is COc1cc(/C=C/C(=O)N2CCCCCCC2)cc(OC)c1OC.COc1cc(/C=C/C(=O)N2CCCCCCC2)cc(OC)c1OC. The summed E-state index contributed by atoms with van der Waals surface area (Å²) >= 11 is 0. The third-order valence-electron chi connectivity index (χ3n) is 8.55. The predicted molar refractivity (Wildman–Crippen MR) is 190 cm³/mol. The van der Waals surface area contributed by atoms with Crippen molar-refractivity contribution in [1.29, 1.82) is 0 Å². The summed E-state index contributed by atoms with van der Waals surface area (Å²) in [5.41, 5.74) is 1.68. The summed E-state index contributed by atoms with van der Waals surface area (Å²) in [6.07, 6.45) is 18.6. The van der Waals surface area contributed by atoms with Gasteiger partial charge in [0.15, 0.2) is 23.0 Å². The predicted octanol–water partition coefficient (Wildman–Crippen LogP) is 7.04. The normalized spacial score (nSPS) is 15.7. The van der Waals surface area contributed by atoms with Crippen molar-refractivity contribution >= 4 is 24.0 Å². The molecule has 2 aromatic rings. The van der Waals surface area contributed by atoms with Crippen LogP contribution in [0.1, 0.15) is 75.3 Å². The zero-order valence-corrected chi connectivity index (χ0v) is 29.7. The number of ether oxygens (including phenoxy) is 6. The Hall–Kier alpha value is -4.34. The van der Waals surface area contributed by atoms with Gasteiger partial charge in [0.1, 0.15) is 0 Å². The van der Waals surface area contributed by atoms with Crippen LogP contribution in [0, 0.1) is 0 Å². The third-order valence-corrected chi connectivity index (χ3v) is 8.55. The highest BCUT2D eigenvalue weighted by molar-refractivity contribution is 5.92. The third kappa shape index (κ3) is 11.4. The molecule has 2 saturated heterocycles. The summed E-state index contributed by atoms with van der Waals surface area (Å²) in [5, 5.41) is 0. The Balaban J connectivity index is 0.000000260. The number of methoxy groups -OCH3 is 6. The Morgan fingerprint density at radius 2 is 0.729 bits per heavy atom. The maximum atomic E-state index is 12.4. The van der Waals surface area contributed by atoms with Crippen molar-refractivity contribution in [2.45, 2.75) is 64.2 Å². The standard InChI is InChI=1S/2C19H27NO4/c2*1-22-16-13-15(14-17(23-2)19(16)24-3)9-10-18(21)20-11-7-5-4-6-8-12-20/h2*9-10,13-14H,4-8,11-12H2,1-3H3/b2*10-9+. The summed E-state index contributed by atoms with van der Waals surface area (Å²) in [7, 11) is 9.46. The Labute approximate surface area is 286 Å². The van der Waals surface area contributed by atoms with Crippen LogP contribution in [0.2, 0.25) is 0 Å². The van der Waals surface area contributed by atoms with Gasteiger partial charge in [-0.3, -0.25) is 9.59 Å². The van der Waals surface area contributed by atoms with E-state index < -0.39 is 0 Å². The van der Waals surface area contributed by atoms with Crippen LogP contribution in [0.4, 0.5) is 0 Å². The number of carbonyl (C=O) groups is 2. The molecule has 48 heavy (non-hydrogen) atoms. The molecule has 2 aliphatic rings. The molecule has 0 bridgehead atoms. The fourth-order valence-corrected chi connectivity index (χ4v) is 5.88. The molecule has 0 saturated carbocycles. The minimum atomic E-state index is 0.0608. The number of nitrogens with zero attached hydrogens (tertiary/aromatic N) is 2. The first kappa shape index (κ1) is 38.1. The number of amides is 2. The molecule has 10 heteroatoms. The van der Waals surface area contributed by atoms with Gasteiger partial charge in [-0.15, -0.1) is 0 Å². The second-order valence-corrected chi connectivity index (χ2v) is 11.8. The van der Waals surface area contributed by atoms with Crippen LogP contribution in [-0.2, 0) is 9.59 Å². The number of rotatable bonds is 10. The number of carbonyl (C=O) groups excluding carboxylic acids is 2. The molecule has 0 N–H and O–H groups in total. The van der Waals surface area contributed by atoms with E-state index in [1.54, 1.807) is 67.0 Å². The molecular formula is C38H54N2O8. The van der Waals surface area contributed by atoms with Crippen molar-refractivity contribution in [3.8, 4) is 34.5 Å². The molecule has 2 aromatic carbocycles. The lowest BCUT2D eigenvalue weighted by atomic mass is 10.1. The van der Waals surface area contributed by atoms with Crippen molar-refractivity contribution in [2.75, 3.05) is 68.8 Å². The molecule has 0 radical (unpaired) electrons. The summed E-state index contributed by atoms with van der Waals surface area (Å²) in [6, 6.07) is 7.33. The lowest BCUT2D eigenvalue weighted by Gasteiger charge is -2.23. The maximum Gasteiger partial charge on any atom is 0.246 e.